The topological polar surface area (TPSA) is 27.7 Å². The van der Waals surface area contributed by atoms with Crippen LogP contribution in [0.25, 0.3) is 0 Å². The maximum absolute atomic E-state index is 5.62. The lowest BCUT2D eigenvalue weighted by Gasteiger charge is -2.28. The second kappa shape index (κ2) is 4.55. The molecule has 14 heavy (non-hydrogen) atoms. The van der Waals surface area contributed by atoms with E-state index >= 15 is 0 Å². The van der Waals surface area contributed by atoms with Crippen LogP contribution in [0.3, 0.4) is 0 Å². The molecule has 76 valence electrons. The highest BCUT2D eigenvalue weighted by atomic mass is 16.7. The lowest BCUT2D eigenvalue weighted by molar-refractivity contribution is -0.226. The molecule has 0 aliphatic carbocycles. The lowest BCUT2D eigenvalue weighted by Crippen LogP contribution is -2.32. The summed E-state index contributed by atoms with van der Waals surface area (Å²) in [5, 5.41) is 0. The van der Waals surface area contributed by atoms with Gasteiger partial charge in [0.2, 0.25) is 0 Å². The number of rotatable bonds is 2. The first-order valence-electron chi connectivity index (χ1n) is 4.71. The van der Waals surface area contributed by atoms with E-state index in [9.17, 15) is 0 Å². The highest BCUT2D eigenvalue weighted by Crippen LogP contribution is 2.22. The second-order valence-electron chi connectivity index (χ2n) is 3.23. The molecule has 0 saturated carbocycles. The summed E-state index contributed by atoms with van der Waals surface area (Å²) in [5.74, 6) is 0. The Hall–Kier alpha value is -0.900. The summed E-state index contributed by atoms with van der Waals surface area (Å²) in [5.41, 5.74) is 1.15. The molecular weight excluding hydrogens is 180 g/mol. The van der Waals surface area contributed by atoms with Gasteiger partial charge < -0.3 is 14.2 Å². The third kappa shape index (κ3) is 2.12. The van der Waals surface area contributed by atoms with Crippen molar-refractivity contribution in [2.75, 3.05) is 20.3 Å². The third-order valence-corrected chi connectivity index (χ3v) is 2.30. The summed E-state index contributed by atoms with van der Waals surface area (Å²) in [6, 6.07) is 10.1. The normalized spacial score (nSPS) is 27.5. The highest BCUT2D eigenvalue weighted by Gasteiger charge is 2.22. The first kappa shape index (κ1) is 9.65. The zero-order valence-corrected chi connectivity index (χ0v) is 8.18. The van der Waals surface area contributed by atoms with Crippen molar-refractivity contribution in [3.8, 4) is 0 Å². The molecule has 2 rings (SSSR count). The van der Waals surface area contributed by atoms with Gasteiger partial charge in [-0.25, -0.2) is 0 Å². The lowest BCUT2D eigenvalue weighted by atomic mass is 10.1. The Kier molecular flexibility index (Phi) is 3.14. The fraction of sp³-hybridized carbons (Fsp3) is 0.455. The molecule has 0 amide bonds. The molecule has 1 aliphatic rings. The van der Waals surface area contributed by atoms with Gasteiger partial charge >= 0.3 is 0 Å². The molecule has 1 aromatic rings. The molecule has 2 unspecified atom stereocenters. The molecule has 1 aromatic carbocycles. The highest BCUT2D eigenvalue weighted by molar-refractivity contribution is 5.17. The Labute approximate surface area is 83.6 Å². The van der Waals surface area contributed by atoms with Gasteiger partial charge in [0.05, 0.1) is 13.2 Å². The van der Waals surface area contributed by atoms with Gasteiger partial charge in [-0.3, -0.25) is 0 Å². The largest absolute Gasteiger partial charge is 0.366 e. The van der Waals surface area contributed by atoms with Gasteiger partial charge in [-0.05, 0) is 5.56 Å². The summed E-state index contributed by atoms with van der Waals surface area (Å²) < 4.78 is 16.1. The Morgan fingerprint density at radius 2 is 1.93 bits per heavy atom. The Morgan fingerprint density at radius 3 is 2.50 bits per heavy atom. The van der Waals surface area contributed by atoms with E-state index in [1.54, 1.807) is 7.11 Å². The summed E-state index contributed by atoms with van der Waals surface area (Å²) in [4.78, 5) is 0. The van der Waals surface area contributed by atoms with E-state index in [1.165, 1.54) is 0 Å². The van der Waals surface area contributed by atoms with Gasteiger partial charge in [0.15, 0.2) is 6.29 Å². The minimum atomic E-state index is -0.213. The molecular formula is C11H14O3. The molecule has 0 aromatic heterocycles. The zero-order valence-electron chi connectivity index (χ0n) is 8.18. The maximum atomic E-state index is 5.62. The quantitative estimate of drug-likeness (QED) is 0.717. The van der Waals surface area contributed by atoms with Crippen LogP contribution in [0.15, 0.2) is 30.3 Å². The van der Waals surface area contributed by atoms with Crippen molar-refractivity contribution < 1.29 is 14.2 Å². The van der Waals surface area contributed by atoms with Gasteiger partial charge in [-0.2, -0.15) is 0 Å². The van der Waals surface area contributed by atoms with Crippen LogP contribution in [0.1, 0.15) is 11.7 Å². The molecule has 1 fully saturated rings. The van der Waals surface area contributed by atoms with E-state index in [2.05, 4.69) is 0 Å². The molecule has 1 heterocycles. The van der Waals surface area contributed by atoms with E-state index in [0.29, 0.717) is 13.2 Å². The first-order chi connectivity index (χ1) is 6.90. The van der Waals surface area contributed by atoms with Crippen LogP contribution in [0, 0.1) is 0 Å². The van der Waals surface area contributed by atoms with Crippen LogP contribution in [0.5, 0.6) is 0 Å². The number of hydrogen-bond acceptors (Lipinski definition) is 3. The van der Waals surface area contributed by atoms with Crippen molar-refractivity contribution in [1.82, 2.24) is 0 Å². The first-order valence-corrected chi connectivity index (χ1v) is 4.71. The van der Waals surface area contributed by atoms with Crippen molar-refractivity contribution in [1.29, 1.82) is 0 Å². The smallest absolute Gasteiger partial charge is 0.180 e. The van der Waals surface area contributed by atoms with Crippen molar-refractivity contribution in [3.63, 3.8) is 0 Å². The Morgan fingerprint density at radius 1 is 1.14 bits per heavy atom. The van der Waals surface area contributed by atoms with Gasteiger partial charge in [0, 0.05) is 7.11 Å². The van der Waals surface area contributed by atoms with E-state index < -0.39 is 0 Å². The SMILES string of the molecule is COC1COC(c2ccccc2)CO1. The molecule has 3 nitrogen and oxygen atoms in total. The van der Waals surface area contributed by atoms with Crippen molar-refractivity contribution in [2.24, 2.45) is 0 Å². The number of methoxy groups -OCH3 is 1. The minimum absolute atomic E-state index is 0.0441. The van der Waals surface area contributed by atoms with Crippen LogP contribution < -0.4 is 0 Å². The van der Waals surface area contributed by atoms with E-state index in [4.69, 9.17) is 14.2 Å². The Bertz CT molecular complexity index is 265. The van der Waals surface area contributed by atoms with E-state index in [-0.39, 0.29) is 12.4 Å². The van der Waals surface area contributed by atoms with Gasteiger partial charge in [0.1, 0.15) is 6.10 Å². The van der Waals surface area contributed by atoms with Crippen molar-refractivity contribution in [2.45, 2.75) is 12.4 Å². The monoisotopic (exact) mass is 194 g/mol. The number of benzene rings is 1. The summed E-state index contributed by atoms with van der Waals surface area (Å²) in [6.07, 6.45) is -0.169. The molecule has 0 radical (unpaired) electrons. The molecule has 0 bridgehead atoms. The predicted octanol–water partition coefficient (Wildman–Crippen LogP) is 1.75. The van der Waals surface area contributed by atoms with Crippen molar-refractivity contribution in [3.05, 3.63) is 35.9 Å². The fourth-order valence-corrected chi connectivity index (χ4v) is 1.48. The van der Waals surface area contributed by atoms with E-state index in [1.807, 2.05) is 30.3 Å². The maximum Gasteiger partial charge on any atom is 0.180 e. The van der Waals surface area contributed by atoms with Crippen LogP contribution >= 0.6 is 0 Å². The Balaban J connectivity index is 1.96. The standard InChI is InChI=1S/C11H14O3/c1-12-11-8-13-10(7-14-11)9-5-3-2-4-6-9/h2-6,10-11H,7-8H2,1H3. The summed E-state index contributed by atoms with van der Waals surface area (Å²) in [6.45, 7) is 1.05. The van der Waals surface area contributed by atoms with Crippen LogP contribution in [-0.2, 0) is 14.2 Å². The third-order valence-electron chi connectivity index (χ3n) is 2.30. The molecule has 1 aliphatic heterocycles. The summed E-state index contributed by atoms with van der Waals surface area (Å²) >= 11 is 0. The molecule has 0 spiro atoms. The second-order valence-corrected chi connectivity index (χ2v) is 3.23. The zero-order chi connectivity index (χ0) is 9.80. The predicted molar refractivity (Wildman–Crippen MR) is 51.9 cm³/mol. The van der Waals surface area contributed by atoms with Gasteiger partial charge in [0.25, 0.3) is 0 Å². The average Bonchev–Trinajstić information content (AvgIpc) is 2.30. The van der Waals surface area contributed by atoms with Gasteiger partial charge in [-0.15, -0.1) is 0 Å². The number of hydrogen-bond donors (Lipinski definition) is 0. The fourth-order valence-electron chi connectivity index (χ4n) is 1.48. The minimum Gasteiger partial charge on any atom is -0.366 e. The van der Waals surface area contributed by atoms with Crippen LogP contribution in [-0.4, -0.2) is 26.6 Å². The molecule has 3 heteroatoms. The molecule has 1 saturated heterocycles. The van der Waals surface area contributed by atoms with E-state index in [0.717, 1.165) is 5.56 Å². The summed E-state index contributed by atoms with van der Waals surface area (Å²) in [7, 11) is 1.62. The number of ether oxygens (including phenoxy) is 3. The van der Waals surface area contributed by atoms with Crippen LogP contribution in [0.2, 0.25) is 0 Å². The molecule has 0 N–H and O–H groups in total. The average molecular weight is 194 g/mol. The van der Waals surface area contributed by atoms with Crippen molar-refractivity contribution >= 4 is 0 Å². The molecule has 2 atom stereocenters. The van der Waals surface area contributed by atoms with Gasteiger partial charge in [-0.1, -0.05) is 30.3 Å². The van der Waals surface area contributed by atoms with Crippen LogP contribution in [0.4, 0.5) is 0 Å².